The van der Waals surface area contributed by atoms with Gasteiger partial charge in [0.1, 0.15) is 11.3 Å². The number of piperidine rings is 1. The van der Waals surface area contributed by atoms with Gasteiger partial charge in [-0.15, -0.1) is 0 Å². The highest BCUT2D eigenvalue weighted by atomic mass is 19.1. The summed E-state index contributed by atoms with van der Waals surface area (Å²) in [4.78, 5) is 22.8. The number of nitrogens with one attached hydrogen (secondary N) is 1. The summed E-state index contributed by atoms with van der Waals surface area (Å²) in [7, 11) is 0. The zero-order valence-corrected chi connectivity index (χ0v) is 16.3. The van der Waals surface area contributed by atoms with Gasteiger partial charge in [-0.05, 0) is 49.6 Å². The van der Waals surface area contributed by atoms with Crippen molar-refractivity contribution in [3.05, 3.63) is 54.0 Å². The molecule has 0 aliphatic carbocycles. The van der Waals surface area contributed by atoms with Crippen LogP contribution in [0.3, 0.4) is 0 Å². The van der Waals surface area contributed by atoms with Crippen molar-refractivity contribution in [1.82, 2.24) is 19.4 Å². The summed E-state index contributed by atoms with van der Waals surface area (Å²) in [5.41, 5.74) is 2.56. The van der Waals surface area contributed by atoms with Crippen molar-refractivity contribution in [1.29, 1.82) is 0 Å². The van der Waals surface area contributed by atoms with Crippen LogP contribution in [-0.4, -0.2) is 51.3 Å². The molecule has 1 aliphatic heterocycles. The second-order valence-corrected chi connectivity index (χ2v) is 7.10. The fourth-order valence-corrected chi connectivity index (χ4v) is 3.59. The molecular weight excluding hydrogens is 373 g/mol. The quantitative estimate of drug-likeness (QED) is 0.712. The summed E-state index contributed by atoms with van der Waals surface area (Å²) >= 11 is 0. The summed E-state index contributed by atoms with van der Waals surface area (Å²) in [5, 5.41) is 3.52. The molecule has 1 N–H and O–H groups in total. The second-order valence-electron chi connectivity index (χ2n) is 7.10. The lowest BCUT2D eigenvalue weighted by molar-refractivity contribution is 0.0983. The van der Waals surface area contributed by atoms with Crippen molar-refractivity contribution < 1.29 is 13.9 Å². The van der Waals surface area contributed by atoms with Gasteiger partial charge in [0.05, 0.1) is 13.2 Å². The van der Waals surface area contributed by atoms with Gasteiger partial charge >= 0.3 is 6.09 Å². The third kappa shape index (κ3) is 4.31. The largest absolute Gasteiger partial charge is 0.450 e. The Labute approximate surface area is 168 Å². The molecule has 3 aromatic rings. The third-order valence-corrected chi connectivity index (χ3v) is 5.11. The van der Waals surface area contributed by atoms with E-state index in [2.05, 4.69) is 10.3 Å². The number of hydrogen-bond acceptors (Lipinski definition) is 5. The molecule has 0 atom stereocenters. The average Bonchev–Trinajstić information content (AvgIpc) is 3.07. The van der Waals surface area contributed by atoms with E-state index in [4.69, 9.17) is 9.72 Å². The maximum Gasteiger partial charge on any atom is 0.409 e. The van der Waals surface area contributed by atoms with Crippen LogP contribution in [0.4, 0.5) is 15.1 Å². The number of hydrogen-bond donors (Lipinski definition) is 1. The summed E-state index contributed by atoms with van der Waals surface area (Å²) < 4.78 is 20.4. The molecule has 4 rings (SSSR count). The normalized spacial score (nSPS) is 14.9. The van der Waals surface area contributed by atoms with Gasteiger partial charge in [-0.3, -0.25) is 4.57 Å². The number of ether oxygens (including phenoxy) is 1. The number of rotatable bonds is 5. The highest BCUT2D eigenvalue weighted by molar-refractivity contribution is 5.74. The molecule has 0 spiro atoms. The molecule has 0 bridgehead atoms. The van der Waals surface area contributed by atoms with Gasteiger partial charge in [-0.1, -0.05) is 12.1 Å². The highest BCUT2D eigenvalue weighted by Gasteiger charge is 2.25. The van der Waals surface area contributed by atoms with Crippen LogP contribution >= 0.6 is 0 Å². The van der Waals surface area contributed by atoms with Gasteiger partial charge < -0.3 is 15.0 Å². The molecule has 0 radical (unpaired) electrons. The van der Waals surface area contributed by atoms with Gasteiger partial charge in [-0.25, -0.2) is 19.2 Å². The van der Waals surface area contributed by atoms with Crippen molar-refractivity contribution >= 4 is 23.2 Å². The molecule has 0 unspecified atom stereocenters. The number of nitrogens with zero attached hydrogens (tertiary/aromatic N) is 4. The molecule has 152 valence electrons. The number of benzene rings is 1. The van der Waals surface area contributed by atoms with Crippen LogP contribution in [0.1, 0.15) is 25.3 Å². The molecule has 1 amide bonds. The molecule has 29 heavy (non-hydrogen) atoms. The number of likely N-dealkylation sites (tertiary alicyclic amines) is 1. The number of halogens is 1. The first kappa shape index (κ1) is 19.2. The zero-order valence-electron chi connectivity index (χ0n) is 16.3. The predicted octanol–water partition coefficient (Wildman–Crippen LogP) is 3.65. The van der Waals surface area contributed by atoms with E-state index in [1.165, 1.54) is 12.1 Å². The Morgan fingerprint density at radius 2 is 2.00 bits per heavy atom. The molecule has 2 aromatic heterocycles. The second kappa shape index (κ2) is 8.46. The van der Waals surface area contributed by atoms with Crippen molar-refractivity contribution in [3.8, 4) is 0 Å². The van der Waals surface area contributed by atoms with Crippen LogP contribution < -0.4 is 5.32 Å². The molecule has 1 fully saturated rings. The maximum absolute atomic E-state index is 13.3. The SMILES string of the molecule is CCOC(=O)N1CCC(Nc2nc3cccnc3n2Cc2ccc(F)cc2)CC1. The number of fused-ring (bicyclic) bond motifs is 1. The highest BCUT2D eigenvalue weighted by Crippen LogP contribution is 2.23. The maximum atomic E-state index is 13.3. The Kier molecular flexibility index (Phi) is 5.59. The van der Waals surface area contributed by atoms with Gasteiger partial charge in [0, 0.05) is 25.3 Å². The number of pyridine rings is 1. The van der Waals surface area contributed by atoms with Crippen LogP contribution in [0.25, 0.3) is 11.2 Å². The smallest absolute Gasteiger partial charge is 0.409 e. The van der Waals surface area contributed by atoms with E-state index in [1.54, 1.807) is 23.2 Å². The standard InChI is InChI=1S/C21H24FN5O2/c1-2-29-21(28)26-12-9-17(10-13-26)24-20-25-18-4-3-11-23-19(18)27(20)14-15-5-7-16(22)8-6-15/h3-8,11,17H,2,9-10,12-14H2,1H3,(H,24,25). The molecule has 1 saturated heterocycles. The third-order valence-electron chi connectivity index (χ3n) is 5.11. The fourth-order valence-electron chi connectivity index (χ4n) is 3.59. The Hall–Kier alpha value is -3.16. The lowest BCUT2D eigenvalue weighted by Gasteiger charge is -2.31. The Balaban J connectivity index is 1.51. The monoisotopic (exact) mass is 397 g/mol. The van der Waals surface area contributed by atoms with Crippen LogP contribution in [0, 0.1) is 5.82 Å². The average molecular weight is 397 g/mol. The number of carbonyl (C=O) groups is 1. The van der Waals surface area contributed by atoms with E-state index in [-0.39, 0.29) is 18.0 Å². The van der Waals surface area contributed by atoms with Crippen molar-refractivity contribution in [2.45, 2.75) is 32.4 Å². The molecule has 7 nitrogen and oxygen atoms in total. The van der Waals surface area contributed by atoms with Crippen LogP contribution in [0.2, 0.25) is 0 Å². The number of anilines is 1. The Morgan fingerprint density at radius 1 is 1.24 bits per heavy atom. The van der Waals surface area contributed by atoms with Crippen molar-refractivity contribution in [3.63, 3.8) is 0 Å². The number of imidazole rings is 1. The predicted molar refractivity (Wildman–Crippen MR) is 108 cm³/mol. The van der Waals surface area contributed by atoms with E-state index in [1.807, 2.05) is 23.6 Å². The molecule has 8 heteroatoms. The van der Waals surface area contributed by atoms with Gasteiger partial charge in [0.15, 0.2) is 5.65 Å². The summed E-state index contributed by atoms with van der Waals surface area (Å²) in [6, 6.07) is 10.4. The first-order valence-corrected chi connectivity index (χ1v) is 9.88. The number of carbonyl (C=O) groups excluding carboxylic acids is 1. The minimum absolute atomic E-state index is 0.199. The summed E-state index contributed by atoms with van der Waals surface area (Å²) in [5.74, 6) is 0.478. The van der Waals surface area contributed by atoms with E-state index in [9.17, 15) is 9.18 Å². The van der Waals surface area contributed by atoms with Gasteiger partial charge in [0.25, 0.3) is 0 Å². The Bertz CT molecular complexity index is 980. The van der Waals surface area contributed by atoms with E-state index < -0.39 is 0 Å². The molecular formula is C21H24FN5O2. The van der Waals surface area contributed by atoms with Crippen molar-refractivity contribution in [2.75, 3.05) is 25.0 Å². The first-order chi connectivity index (χ1) is 14.1. The number of aromatic nitrogens is 3. The first-order valence-electron chi connectivity index (χ1n) is 9.88. The lowest BCUT2D eigenvalue weighted by Crippen LogP contribution is -2.42. The minimum Gasteiger partial charge on any atom is -0.450 e. The summed E-state index contributed by atoms with van der Waals surface area (Å²) in [6.07, 6.45) is 3.11. The van der Waals surface area contributed by atoms with Gasteiger partial charge in [0.2, 0.25) is 5.95 Å². The zero-order chi connectivity index (χ0) is 20.2. The molecule has 3 heterocycles. The van der Waals surface area contributed by atoms with Crippen LogP contribution in [0.15, 0.2) is 42.6 Å². The van der Waals surface area contributed by atoms with Gasteiger partial charge in [-0.2, -0.15) is 0 Å². The van der Waals surface area contributed by atoms with Crippen LogP contribution in [0.5, 0.6) is 0 Å². The lowest BCUT2D eigenvalue weighted by atomic mass is 10.1. The fraction of sp³-hybridized carbons (Fsp3) is 0.381. The van der Waals surface area contributed by atoms with Crippen molar-refractivity contribution in [2.24, 2.45) is 0 Å². The van der Waals surface area contributed by atoms with E-state index in [0.29, 0.717) is 26.2 Å². The minimum atomic E-state index is -0.255. The molecule has 1 aromatic carbocycles. The molecule has 0 saturated carbocycles. The number of amides is 1. The summed E-state index contributed by atoms with van der Waals surface area (Å²) in [6.45, 7) is 4.03. The molecule has 1 aliphatic rings. The topological polar surface area (TPSA) is 72.3 Å². The van der Waals surface area contributed by atoms with Crippen LogP contribution in [-0.2, 0) is 11.3 Å². The van der Waals surface area contributed by atoms with E-state index in [0.717, 1.165) is 35.5 Å². The Morgan fingerprint density at radius 3 is 2.72 bits per heavy atom. The van der Waals surface area contributed by atoms with E-state index >= 15 is 0 Å².